The normalized spacial score (nSPS) is 34.0. The van der Waals surface area contributed by atoms with Crippen LogP contribution in [0.3, 0.4) is 0 Å². The van der Waals surface area contributed by atoms with Crippen LogP contribution >= 0.6 is 0 Å². The van der Waals surface area contributed by atoms with Crippen LogP contribution in [0.2, 0.25) is 0 Å². The third-order valence-corrected chi connectivity index (χ3v) is 5.63. The quantitative estimate of drug-likeness (QED) is 0.724. The number of likely N-dealkylation sites (tertiary alicyclic amines) is 1. The maximum atomic E-state index is 11.0. The second-order valence-corrected chi connectivity index (χ2v) is 6.93. The molecule has 0 spiro atoms. The summed E-state index contributed by atoms with van der Waals surface area (Å²) in [7, 11) is -0.516. The lowest BCUT2D eigenvalue weighted by atomic mass is 9.90. The molecule has 3 nitrogen and oxygen atoms in total. The average molecular weight is 243 g/mol. The Balaban J connectivity index is 1.63. The summed E-state index contributed by atoms with van der Waals surface area (Å²) in [5, 5.41) is 0. The second-order valence-electron chi connectivity index (χ2n) is 5.38. The Morgan fingerprint density at radius 1 is 1.31 bits per heavy atom. The van der Waals surface area contributed by atoms with Gasteiger partial charge < -0.3 is 0 Å². The van der Waals surface area contributed by atoms with E-state index in [1.807, 2.05) is 0 Å². The Morgan fingerprint density at radius 2 is 1.94 bits per heavy atom. The van der Waals surface area contributed by atoms with Gasteiger partial charge in [0.05, 0.1) is 13.1 Å². The average Bonchev–Trinajstić information content (AvgIpc) is 2.16. The maximum Gasteiger partial charge on any atom is 0.160 e. The molecule has 0 aromatic heterocycles. The highest BCUT2D eigenvalue weighted by Gasteiger charge is 2.32. The van der Waals surface area contributed by atoms with Gasteiger partial charge in [0, 0.05) is 28.3 Å². The lowest BCUT2D eigenvalue weighted by molar-refractivity contribution is -0.130. The van der Waals surface area contributed by atoms with Gasteiger partial charge in [-0.3, -0.25) is 13.9 Å². The largest absolute Gasteiger partial charge is 0.297 e. The number of hydrogen-bond donors (Lipinski definition) is 0. The minimum atomic E-state index is -0.516. The number of hydrogen-bond acceptors (Lipinski definition) is 3. The first-order valence-corrected chi connectivity index (χ1v) is 7.65. The van der Waals surface area contributed by atoms with Crippen molar-refractivity contribution in [1.82, 2.24) is 4.90 Å². The lowest BCUT2D eigenvalue weighted by Gasteiger charge is -2.36. The summed E-state index contributed by atoms with van der Waals surface area (Å²) in [4.78, 5) is 13.1. The number of ketones is 1. The first-order chi connectivity index (χ1) is 7.56. The maximum absolute atomic E-state index is 11.0. The summed E-state index contributed by atoms with van der Waals surface area (Å²) < 4.78 is 11.0. The molecule has 0 bridgehead atoms. The molecular weight excluding hydrogens is 222 g/mol. The van der Waals surface area contributed by atoms with Gasteiger partial charge in [-0.05, 0) is 31.6 Å². The predicted molar refractivity (Wildman–Crippen MR) is 65.8 cm³/mol. The van der Waals surface area contributed by atoms with E-state index in [2.05, 4.69) is 18.7 Å². The lowest BCUT2D eigenvalue weighted by Crippen LogP contribution is -2.51. The van der Waals surface area contributed by atoms with Crippen LogP contribution in [0.5, 0.6) is 0 Å². The van der Waals surface area contributed by atoms with Crippen LogP contribution in [0.25, 0.3) is 0 Å². The number of rotatable bonds is 5. The minimum Gasteiger partial charge on any atom is -0.297 e. The zero-order valence-electron chi connectivity index (χ0n) is 10.1. The van der Waals surface area contributed by atoms with E-state index in [1.54, 1.807) is 0 Å². The van der Waals surface area contributed by atoms with Gasteiger partial charge in [0.25, 0.3) is 0 Å². The summed E-state index contributed by atoms with van der Waals surface area (Å²) in [6, 6.07) is 0.533. The topological polar surface area (TPSA) is 37.4 Å². The summed E-state index contributed by atoms with van der Waals surface area (Å²) in [5.41, 5.74) is 0. The third kappa shape index (κ3) is 2.72. The Labute approximate surface area is 100 Å². The highest BCUT2D eigenvalue weighted by Crippen LogP contribution is 2.27. The summed E-state index contributed by atoms with van der Waals surface area (Å²) >= 11 is 0. The van der Waals surface area contributed by atoms with Gasteiger partial charge in [-0.2, -0.15) is 0 Å². The standard InChI is InChI=1S/C12H21NO2S/c1-9(11-7-16(15)8-11)3-4-10(2)13-5-12(14)6-13/h9-11H,3-8H2,1-2H3. The van der Waals surface area contributed by atoms with Gasteiger partial charge in [0.2, 0.25) is 0 Å². The first-order valence-electron chi connectivity index (χ1n) is 6.17. The Morgan fingerprint density at radius 3 is 2.44 bits per heavy atom. The van der Waals surface area contributed by atoms with Crippen LogP contribution in [0.1, 0.15) is 26.7 Å². The van der Waals surface area contributed by atoms with E-state index < -0.39 is 10.8 Å². The number of carbonyl (C=O) groups excluding carboxylic acids is 1. The molecular formula is C12H21NO2S. The molecule has 2 atom stereocenters. The fraction of sp³-hybridized carbons (Fsp3) is 0.917. The molecule has 0 aliphatic carbocycles. The number of Topliss-reactive ketones (excluding diaryl/α,β-unsaturated/α-hetero) is 1. The molecule has 0 saturated carbocycles. The van der Waals surface area contributed by atoms with Crippen LogP contribution < -0.4 is 0 Å². The van der Waals surface area contributed by atoms with Gasteiger partial charge in [-0.25, -0.2) is 0 Å². The van der Waals surface area contributed by atoms with E-state index in [1.165, 1.54) is 6.42 Å². The fourth-order valence-corrected chi connectivity index (χ4v) is 3.91. The van der Waals surface area contributed by atoms with Crippen molar-refractivity contribution in [3.05, 3.63) is 0 Å². The van der Waals surface area contributed by atoms with Gasteiger partial charge >= 0.3 is 0 Å². The van der Waals surface area contributed by atoms with Crippen LogP contribution in [-0.2, 0) is 15.6 Å². The molecule has 2 unspecified atom stereocenters. The van der Waals surface area contributed by atoms with E-state index in [0.717, 1.165) is 17.9 Å². The molecule has 2 saturated heterocycles. The summed E-state index contributed by atoms with van der Waals surface area (Å²) in [6.45, 7) is 5.79. The third-order valence-electron chi connectivity index (χ3n) is 4.03. The molecule has 2 heterocycles. The molecule has 0 N–H and O–H groups in total. The second kappa shape index (κ2) is 4.96. The van der Waals surface area contributed by atoms with E-state index >= 15 is 0 Å². The SMILES string of the molecule is CC(CCC(C)N1CC(=O)C1)C1CS(=O)C1. The minimum absolute atomic E-state index is 0.370. The Hall–Kier alpha value is -0.220. The number of nitrogens with zero attached hydrogens (tertiary/aromatic N) is 1. The molecule has 0 aromatic carbocycles. The van der Waals surface area contributed by atoms with Crippen molar-refractivity contribution < 1.29 is 9.00 Å². The van der Waals surface area contributed by atoms with Gasteiger partial charge in [0.1, 0.15) is 0 Å². The smallest absolute Gasteiger partial charge is 0.160 e. The monoisotopic (exact) mass is 243 g/mol. The zero-order valence-corrected chi connectivity index (χ0v) is 11.0. The predicted octanol–water partition coefficient (Wildman–Crippen LogP) is 1.05. The van der Waals surface area contributed by atoms with Crippen molar-refractivity contribution in [2.75, 3.05) is 24.6 Å². The summed E-state index contributed by atoms with van der Waals surface area (Å²) in [6.07, 6.45) is 2.37. The van der Waals surface area contributed by atoms with Crippen molar-refractivity contribution in [3.63, 3.8) is 0 Å². The molecule has 4 heteroatoms. The highest BCUT2D eigenvalue weighted by molar-refractivity contribution is 7.86. The van der Waals surface area contributed by atoms with Crippen LogP contribution in [-0.4, -0.2) is 45.5 Å². The van der Waals surface area contributed by atoms with Crippen molar-refractivity contribution in [2.45, 2.75) is 32.7 Å². The molecule has 0 radical (unpaired) electrons. The Kier molecular flexibility index (Phi) is 3.80. The molecule has 2 aliphatic rings. The highest BCUT2D eigenvalue weighted by atomic mass is 32.2. The van der Waals surface area contributed by atoms with E-state index in [9.17, 15) is 9.00 Å². The van der Waals surface area contributed by atoms with Gasteiger partial charge in [-0.1, -0.05) is 6.92 Å². The van der Waals surface area contributed by atoms with Gasteiger partial charge in [0.15, 0.2) is 5.78 Å². The van der Waals surface area contributed by atoms with Crippen molar-refractivity contribution in [1.29, 1.82) is 0 Å². The molecule has 16 heavy (non-hydrogen) atoms. The van der Waals surface area contributed by atoms with E-state index in [4.69, 9.17) is 0 Å². The first kappa shape index (κ1) is 12.2. The molecule has 0 aromatic rings. The van der Waals surface area contributed by atoms with Gasteiger partial charge in [-0.15, -0.1) is 0 Å². The molecule has 0 amide bonds. The molecule has 92 valence electrons. The van der Waals surface area contributed by atoms with Crippen LogP contribution in [0.4, 0.5) is 0 Å². The zero-order chi connectivity index (χ0) is 11.7. The summed E-state index contributed by atoms with van der Waals surface area (Å²) in [5.74, 6) is 3.58. The van der Waals surface area contributed by atoms with Crippen molar-refractivity contribution in [3.8, 4) is 0 Å². The van der Waals surface area contributed by atoms with Crippen LogP contribution in [0, 0.1) is 11.8 Å². The van der Waals surface area contributed by atoms with E-state index in [-0.39, 0.29) is 0 Å². The van der Waals surface area contributed by atoms with Crippen LogP contribution in [0.15, 0.2) is 0 Å². The fourth-order valence-electron chi connectivity index (χ4n) is 2.40. The van der Waals surface area contributed by atoms with E-state index in [0.29, 0.717) is 36.8 Å². The van der Waals surface area contributed by atoms with Crippen molar-refractivity contribution >= 4 is 16.6 Å². The number of carbonyl (C=O) groups is 1. The van der Waals surface area contributed by atoms with Crippen molar-refractivity contribution in [2.24, 2.45) is 11.8 Å². The molecule has 2 rings (SSSR count). The Bertz CT molecular complexity index is 259. The molecule has 2 fully saturated rings. The molecule has 2 aliphatic heterocycles.